The molecule has 1 aliphatic rings. The van der Waals surface area contributed by atoms with Crippen LogP contribution in [0.3, 0.4) is 0 Å². The van der Waals surface area contributed by atoms with Gasteiger partial charge in [0.15, 0.2) is 0 Å². The van der Waals surface area contributed by atoms with E-state index in [1.165, 1.54) is 25.7 Å². The van der Waals surface area contributed by atoms with E-state index in [0.717, 1.165) is 6.54 Å². The molecule has 1 heterocycles. The molecule has 0 radical (unpaired) electrons. The van der Waals surface area contributed by atoms with E-state index in [2.05, 4.69) is 10.3 Å². The number of anilines is 2. The molecule has 1 aliphatic carbocycles. The standard InChI is InChI=1S/C12H18N4O/c13-9-5-6-10(11(14)17)16-12(9)15-7-8-3-1-2-4-8/h5-6,8H,1-4,7,13H2,(H2,14,17)(H,15,16). The molecule has 0 atom stereocenters. The molecule has 5 N–H and O–H groups in total. The first kappa shape index (κ1) is 11.7. The number of nitrogen functional groups attached to an aromatic ring is 1. The quantitative estimate of drug-likeness (QED) is 0.733. The highest BCUT2D eigenvalue weighted by Gasteiger charge is 2.15. The zero-order valence-corrected chi connectivity index (χ0v) is 9.78. The second kappa shape index (κ2) is 5.03. The van der Waals surface area contributed by atoms with Crippen LogP contribution in [0.5, 0.6) is 0 Å². The summed E-state index contributed by atoms with van der Waals surface area (Å²) in [6.45, 7) is 0.861. The fourth-order valence-corrected chi connectivity index (χ4v) is 2.20. The van der Waals surface area contributed by atoms with Crippen LogP contribution in [0, 0.1) is 5.92 Å². The minimum absolute atomic E-state index is 0.244. The summed E-state index contributed by atoms with van der Waals surface area (Å²) in [5, 5.41) is 3.21. The zero-order chi connectivity index (χ0) is 12.3. The molecule has 1 amide bonds. The van der Waals surface area contributed by atoms with Gasteiger partial charge in [0.05, 0.1) is 5.69 Å². The van der Waals surface area contributed by atoms with Gasteiger partial charge in [-0.1, -0.05) is 12.8 Å². The van der Waals surface area contributed by atoms with E-state index in [4.69, 9.17) is 11.5 Å². The maximum atomic E-state index is 11.0. The molecule has 1 aromatic heterocycles. The first-order chi connectivity index (χ1) is 8.16. The average Bonchev–Trinajstić information content (AvgIpc) is 2.80. The number of carbonyl (C=O) groups excluding carboxylic acids is 1. The first-order valence-electron chi connectivity index (χ1n) is 5.97. The molecule has 92 valence electrons. The molecule has 0 saturated heterocycles. The fourth-order valence-electron chi connectivity index (χ4n) is 2.20. The van der Waals surface area contributed by atoms with Gasteiger partial charge in [-0.15, -0.1) is 0 Å². The summed E-state index contributed by atoms with van der Waals surface area (Å²) < 4.78 is 0. The van der Waals surface area contributed by atoms with Crippen LogP contribution in [0.25, 0.3) is 0 Å². The lowest BCUT2D eigenvalue weighted by Crippen LogP contribution is -2.17. The maximum absolute atomic E-state index is 11.0. The van der Waals surface area contributed by atoms with Crippen molar-refractivity contribution in [1.82, 2.24) is 4.98 Å². The lowest BCUT2D eigenvalue weighted by atomic mass is 10.1. The molecule has 1 saturated carbocycles. The Morgan fingerprint density at radius 1 is 1.41 bits per heavy atom. The third-order valence-electron chi connectivity index (χ3n) is 3.21. The number of primary amides is 1. The molecule has 0 unspecified atom stereocenters. The van der Waals surface area contributed by atoms with Crippen LogP contribution >= 0.6 is 0 Å². The Hall–Kier alpha value is -1.78. The normalized spacial score (nSPS) is 16.0. The third-order valence-corrected chi connectivity index (χ3v) is 3.21. The second-order valence-electron chi connectivity index (χ2n) is 4.53. The van der Waals surface area contributed by atoms with Gasteiger partial charge in [-0.2, -0.15) is 0 Å². The Morgan fingerprint density at radius 2 is 2.12 bits per heavy atom. The number of aromatic nitrogens is 1. The van der Waals surface area contributed by atoms with E-state index in [0.29, 0.717) is 17.4 Å². The van der Waals surface area contributed by atoms with E-state index < -0.39 is 5.91 Å². The summed E-state index contributed by atoms with van der Waals surface area (Å²) in [6.07, 6.45) is 5.11. The number of rotatable bonds is 4. The molecule has 17 heavy (non-hydrogen) atoms. The summed E-state index contributed by atoms with van der Waals surface area (Å²) in [4.78, 5) is 15.1. The van der Waals surface area contributed by atoms with Gasteiger partial charge in [0.2, 0.25) is 0 Å². The van der Waals surface area contributed by atoms with Crippen molar-refractivity contribution in [2.24, 2.45) is 11.7 Å². The maximum Gasteiger partial charge on any atom is 0.267 e. The van der Waals surface area contributed by atoms with Crippen molar-refractivity contribution in [3.63, 3.8) is 0 Å². The number of hydrogen-bond donors (Lipinski definition) is 3. The first-order valence-corrected chi connectivity index (χ1v) is 5.97. The average molecular weight is 234 g/mol. The van der Waals surface area contributed by atoms with Crippen LogP contribution in [0.2, 0.25) is 0 Å². The summed E-state index contributed by atoms with van der Waals surface area (Å²) in [5.41, 5.74) is 11.8. The number of carbonyl (C=O) groups is 1. The van der Waals surface area contributed by atoms with Crippen molar-refractivity contribution in [1.29, 1.82) is 0 Å². The monoisotopic (exact) mass is 234 g/mol. The van der Waals surface area contributed by atoms with Crippen molar-refractivity contribution >= 4 is 17.4 Å². The fraction of sp³-hybridized carbons (Fsp3) is 0.500. The molecule has 0 bridgehead atoms. The summed E-state index contributed by atoms with van der Waals surface area (Å²) >= 11 is 0. The van der Waals surface area contributed by atoms with Crippen LogP contribution in [0.15, 0.2) is 12.1 Å². The molecule has 2 rings (SSSR count). The van der Waals surface area contributed by atoms with E-state index in [1.807, 2.05) is 0 Å². The highest BCUT2D eigenvalue weighted by atomic mass is 16.1. The van der Waals surface area contributed by atoms with E-state index in [-0.39, 0.29) is 5.69 Å². The van der Waals surface area contributed by atoms with Crippen LogP contribution in [0.4, 0.5) is 11.5 Å². The molecule has 1 aromatic rings. The molecule has 0 aromatic carbocycles. The highest BCUT2D eigenvalue weighted by molar-refractivity contribution is 5.91. The van der Waals surface area contributed by atoms with Gasteiger partial charge in [0.25, 0.3) is 5.91 Å². The van der Waals surface area contributed by atoms with Gasteiger partial charge in [0.1, 0.15) is 11.5 Å². The number of nitrogens with zero attached hydrogens (tertiary/aromatic N) is 1. The predicted molar refractivity (Wildman–Crippen MR) is 67.6 cm³/mol. The van der Waals surface area contributed by atoms with Crippen LogP contribution < -0.4 is 16.8 Å². The molecule has 5 heteroatoms. The second-order valence-corrected chi connectivity index (χ2v) is 4.53. The van der Waals surface area contributed by atoms with Gasteiger partial charge in [-0.25, -0.2) is 4.98 Å². The minimum atomic E-state index is -0.533. The SMILES string of the molecule is NC(=O)c1ccc(N)c(NCC2CCCC2)n1. The van der Waals surface area contributed by atoms with Crippen LogP contribution in [-0.4, -0.2) is 17.4 Å². The van der Waals surface area contributed by atoms with Crippen molar-refractivity contribution in [2.45, 2.75) is 25.7 Å². The highest BCUT2D eigenvalue weighted by Crippen LogP contribution is 2.25. The van der Waals surface area contributed by atoms with Crippen molar-refractivity contribution in [2.75, 3.05) is 17.6 Å². The van der Waals surface area contributed by atoms with E-state index in [9.17, 15) is 4.79 Å². The van der Waals surface area contributed by atoms with Gasteiger partial charge in [-0.05, 0) is 30.9 Å². The van der Waals surface area contributed by atoms with Crippen LogP contribution in [-0.2, 0) is 0 Å². The molecule has 0 aliphatic heterocycles. The summed E-state index contributed by atoms with van der Waals surface area (Å²) in [7, 11) is 0. The Kier molecular flexibility index (Phi) is 3.46. The minimum Gasteiger partial charge on any atom is -0.396 e. The topological polar surface area (TPSA) is 94.0 Å². The largest absolute Gasteiger partial charge is 0.396 e. The number of hydrogen-bond acceptors (Lipinski definition) is 4. The van der Waals surface area contributed by atoms with Gasteiger partial charge < -0.3 is 16.8 Å². The molecular formula is C12H18N4O. The van der Waals surface area contributed by atoms with E-state index in [1.54, 1.807) is 12.1 Å². The van der Waals surface area contributed by atoms with Crippen molar-refractivity contribution in [3.8, 4) is 0 Å². The third kappa shape index (κ3) is 2.87. The Morgan fingerprint density at radius 3 is 2.76 bits per heavy atom. The Labute approximate surface area is 101 Å². The van der Waals surface area contributed by atoms with Crippen molar-refractivity contribution < 1.29 is 4.79 Å². The predicted octanol–water partition coefficient (Wildman–Crippen LogP) is 1.36. The number of amides is 1. The molecule has 0 spiro atoms. The number of nitrogens with two attached hydrogens (primary N) is 2. The van der Waals surface area contributed by atoms with Gasteiger partial charge in [0, 0.05) is 6.54 Å². The molecular weight excluding hydrogens is 216 g/mol. The number of nitrogens with one attached hydrogen (secondary N) is 1. The lowest BCUT2D eigenvalue weighted by molar-refractivity contribution is 0.0996. The Balaban J connectivity index is 2.03. The van der Waals surface area contributed by atoms with E-state index >= 15 is 0 Å². The summed E-state index contributed by atoms with van der Waals surface area (Å²) in [5.74, 6) is 0.718. The molecule has 1 fully saturated rings. The van der Waals surface area contributed by atoms with Gasteiger partial charge >= 0.3 is 0 Å². The van der Waals surface area contributed by atoms with Crippen LogP contribution in [0.1, 0.15) is 36.2 Å². The van der Waals surface area contributed by atoms with Gasteiger partial charge in [-0.3, -0.25) is 4.79 Å². The number of pyridine rings is 1. The molecule has 5 nitrogen and oxygen atoms in total. The Bertz CT molecular complexity index is 413. The lowest BCUT2D eigenvalue weighted by Gasteiger charge is -2.13. The smallest absolute Gasteiger partial charge is 0.267 e. The summed E-state index contributed by atoms with van der Waals surface area (Å²) in [6, 6.07) is 3.20. The van der Waals surface area contributed by atoms with Crippen molar-refractivity contribution in [3.05, 3.63) is 17.8 Å². The zero-order valence-electron chi connectivity index (χ0n) is 9.78.